The van der Waals surface area contributed by atoms with Crippen LogP contribution < -0.4 is 20.1 Å². The number of carbonyl (C=O) groups excluding carboxylic acids is 2. The number of piperazine rings is 1. The normalized spacial score (nSPS) is 14.9. The van der Waals surface area contributed by atoms with Crippen molar-refractivity contribution in [1.29, 1.82) is 0 Å². The molecule has 1 aliphatic heterocycles. The standard InChI is InChI=1S/C23H27F3N4O4/c1-2-33-20-6-4-3-5-19(20)28-22(32)16-30-13-11-29(12-14-30)15-21(31)27-17-7-9-18(10-8-17)34-23(24,25)26/h3-10H,2,11-16H2,1H3,(H,27,31)(H,28,32). The zero-order chi connectivity index (χ0) is 24.6. The lowest BCUT2D eigenvalue weighted by molar-refractivity contribution is -0.274. The van der Waals surface area contributed by atoms with Crippen LogP contribution in [-0.2, 0) is 9.59 Å². The molecule has 34 heavy (non-hydrogen) atoms. The predicted molar refractivity (Wildman–Crippen MR) is 121 cm³/mol. The zero-order valence-corrected chi connectivity index (χ0v) is 18.7. The number of ether oxygens (including phenoxy) is 2. The Morgan fingerprint density at radius 1 is 0.882 bits per heavy atom. The van der Waals surface area contributed by atoms with Gasteiger partial charge in [0.05, 0.1) is 25.4 Å². The zero-order valence-electron chi connectivity index (χ0n) is 18.7. The smallest absolute Gasteiger partial charge is 0.492 e. The molecule has 2 N–H and O–H groups in total. The van der Waals surface area contributed by atoms with Gasteiger partial charge >= 0.3 is 6.36 Å². The summed E-state index contributed by atoms with van der Waals surface area (Å²) in [4.78, 5) is 28.7. The number of nitrogens with one attached hydrogen (secondary N) is 2. The highest BCUT2D eigenvalue weighted by molar-refractivity contribution is 5.94. The summed E-state index contributed by atoms with van der Waals surface area (Å²) in [5.74, 6) is -0.150. The van der Waals surface area contributed by atoms with Crippen molar-refractivity contribution in [2.45, 2.75) is 13.3 Å². The molecule has 184 valence electrons. The van der Waals surface area contributed by atoms with Gasteiger partial charge < -0.3 is 20.1 Å². The van der Waals surface area contributed by atoms with E-state index in [2.05, 4.69) is 15.4 Å². The molecule has 2 aromatic carbocycles. The first-order valence-corrected chi connectivity index (χ1v) is 10.8. The Kier molecular flexibility index (Phi) is 8.72. The van der Waals surface area contributed by atoms with E-state index in [0.717, 1.165) is 12.1 Å². The summed E-state index contributed by atoms with van der Waals surface area (Å²) in [6.07, 6.45) is -4.76. The molecule has 0 saturated carbocycles. The lowest BCUT2D eigenvalue weighted by atomic mass is 10.2. The molecule has 0 bridgehead atoms. The molecule has 1 saturated heterocycles. The van der Waals surface area contributed by atoms with Crippen LogP contribution in [0, 0.1) is 0 Å². The monoisotopic (exact) mass is 480 g/mol. The maximum absolute atomic E-state index is 12.4. The van der Waals surface area contributed by atoms with Crippen LogP contribution in [0.25, 0.3) is 0 Å². The molecule has 1 heterocycles. The second-order valence-electron chi connectivity index (χ2n) is 7.65. The van der Waals surface area contributed by atoms with Crippen molar-refractivity contribution >= 4 is 23.2 Å². The van der Waals surface area contributed by atoms with E-state index in [1.807, 2.05) is 28.9 Å². The van der Waals surface area contributed by atoms with E-state index in [1.165, 1.54) is 12.1 Å². The van der Waals surface area contributed by atoms with Crippen molar-refractivity contribution in [3.05, 3.63) is 48.5 Å². The minimum atomic E-state index is -4.76. The molecule has 2 aromatic rings. The van der Waals surface area contributed by atoms with Crippen molar-refractivity contribution in [2.24, 2.45) is 0 Å². The molecule has 11 heteroatoms. The van der Waals surface area contributed by atoms with Crippen molar-refractivity contribution in [3.8, 4) is 11.5 Å². The topological polar surface area (TPSA) is 83.1 Å². The van der Waals surface area contributed by atoms with Crippen LogP contribution in [0.15, 0.2) is 48.5 Å². The molecule has 2 amide bonds. The van der Waals surface area contributed by atoms with E-state index >= 15 is 0 Å². The molecule has 0 unspecified atom stereocenters. The number of para-hydroxylation sites is 2. The number of halogens is 3. The van der Waals surface area contributed by atoms with Gasteiger partial charge in [-0.1, -0.05) is 12.1 Å². The fourth-order valence-electron chi connectivity index (χ4n) is 3.49. The van der Waals surface area contributed by atoms with Gasteiger partial charge in [-0.05, 0) is 43.3 Å². The molecule has 1 fully saturated rings. The van der Waals surface area contributed by atoms with Crippen LogP contribution in [0.3, 0.4) is 0 Å². The minimum absolute atomic E-state index is 0.141. The van der Waals surface area contributed by atoms with Crippen LogP contribution in [0.2, 0.25) is 0 Å². The molecular weight excluding hydrogens is 453 g/mol. The Balaban J connectivity index is 1.39. The van der Waals surface area contributed by atoms with Gasteiger partial charge in [0.15, 0.2) is 0 Å². The molecule has 1 aliphatic rings. The van der Waals surface area contributed by atoms with Gasteiger partial charge in [-0.15, -0.1) is 13.2 Å². The van der Waals surface area contributed by atoms with Crippen LogP contribution in [0.5, 0.6) is 11.5 Å². The lowest BCUT2D eigenvalue weighted by Gasteiger charge is -2.33. The average molecular weight is 480 g/mol. The SMILES string of the molecule is CCOc1ccccc1NC(=O)CN1CCN(CC(=O)Nc2ccc(OC(F)(F)F)cc2)CC1. The number of nitrogens with zero attached hydrogens (tertiary/aromatic N) is 2. The number of anilines is 2. The van der Waals surface area contributed by atoms with E-state index in [9.17, 15) is 22.8 Å². The first-order chi connectivity index (χ1) is 16.2. The first kappa shape index (κ1) is 25.3. The number of amides is 2. The predicted octanol–water partition coefficient (Wildman–Crippen LogP) is 3.18. The highest BCUT2D eigenvalue weighted by atomic mass is 19.4. The minimum Gasteiger partial charge on any atom is -0.492 e. The van der Waals surface area contributed by atoms with Gasteiger partial charge in [0.25, 0.3) is 0 Å². The van der Waals surface area contributed by atoms with Crippen molar-refractivity contribution in [3.63, 3.8) is 0 Å². The van der Waals surface area contributed by atoms with Crippen molar-refractivity contribution < 1.29 is 32.2 Å². The van der Waals surface area contributed by atoms with E-state index in [-0.39, 0.29) is 30.7 Å². The van der Waals surface area contributed by atoms with Crippen molar-refractivity contribution in [1.82, 2.24) is 9.80 Å². The van der Waals surface area contributed by atoms with Crippen LogP contribution >= 0.6 is 0 Å². The Labute approximate surface area is 195 Å². The van der Waals surface area contributed by atoms with E-state index in [4.69, 9.17) is 4.74 Å². The summed E-state index contributed by atoms with van der Waals surface area (Å²) in [7, 11) is 0. The van der Waals surface area contributed by atoms with E-state index in [1.54, 1.807) is 12.1 Å². The molecule has 0 atom stereocenters. The number of carbonyl (C=O) groups is 2. The summed E-state index contributed by atoms with van der Waals surface area (Å²) in [5, 5.41) is 5.53. The molecule has 0 spiro atoms. The maximum atomic E-state index is 12.4. The summed E-state index contributed by atoms with van der Waals surface area (Å²) < 4.78 is 46.0. The maximum Gasteiger partial charge on any atom is 0.573 e. The molecule has 0 aromatic heterocycles. The number of rotatable bonds is 9. The second kappa shape index (κ2) is 11.7. The molecule has 0 aliphatic carbocycles. The second-order valence-corrected chi connectivity index (χ2v) is 7.65. The van der Waals surface area contributed by atoms with Crippen LogP contribution in [-0.4, -0.2) is 73.9 Å². The third-order valence-electron chi connectivity index (χ3n) is 5.03. The van der Waals surface area contributed by atoms with Gasteiger partial charge in [-0.25, -0.2) is 0 Å². The summed E-state index contributed by atoms with van der Waals surface area (Å²) in [5.41, 5.74) is 1.00. The average Bonchev–Trinajstić information content (AvgIpc) is 2.77. The van der Waals surface area contributed by atoms with E-state index in [0.29, 0.717) is 49.9 Å². The van der Waals surface area contributed by atoms with Gasteiger partial charge in [0.1, 0.15) is 11.5 Å². The molecular formula is C23H27F3N4O4. The number of hydrogen-bond acceptors (Lipinski definition) is 6. The number of alkyl halides is 3. The molecule has 8 nitrogen and oxygen atoms in total. The third-order valence-corrected chi connectivity index (χ3v) is 5.03. The summed E-state index contributed by atoms with van der Waals surface area (Å²) >= 11 is 0. The van der Waals surface area contributed by atoms with Crippen LogP contribution in [0.4, 0.5) is 24.5 Å². The number of benzene rings is 2. The highest BCUT2D eigenvalue weighted by Crippen LogP contribution is 2.24. The fourth-order valence-corrected chi connectivity index (χ4v) is 3.49. The number of hydrogen-bond donors (Lipinski definition) is 2. The molecule has 0 radical (unpaired) electrons. The van der Waals surface area contributed by atoms with Gasteiger partial charge in [-0.3, -0.25) is 19.4 Å². The Hall–Kier alpha value is -3.31. The summed E-state index contributed by atoms with van der Waals surface area (Å²) in [6, 6.07) is 12.2. The lowest BCUT2D eigenvalue weighted by Crippen LogP contribution is -2.50. The van der Waals surface area contributed by atoms with Crippen LogP contribution in [0.1, 0.15) is 6.92 Å². The van der Waals surface area contributed by atoms with Crippen molar-refractivity contribution in [2.75, 3.05) is 56.5 Å². The Morgan fingerprint density at radius 2 is 1.44 bits per heavy atom. The van der Waals surface area contributed by atoms with E-state index < -0.39 is 6.36 Å². The quantitative estimate of drug-likeness (QED) is 0.574. The first-order valence-electron chi connectivity index (χ1n) is 10.8. The van der Waals surface area contributed by atoms with Gasteiger partial charge in [-0.2, -0.15) is 0 Å². The highest BCUT2D eigenvalue weighted by Gasteiger charge is 2.31. The van der Waals surface area contributed by atoms with Gasteiger partial charge in [0, 0.05) is 31.9 Å². The van der Waals surface area contributed by atoms with Gasteiger partial charge in [0.2, 0.25) is 11.8 Å². The Morgan fingerprint density at radius 3 is 2.00 bits per heavy atom. The third kappa shape index (κ3) is 8.23. The largest absolute Gasteiger partial charge is 0.573 e. The Bertz CT molecular complexity index is 961. The summed E-state index contributed by atoms with van der Waals surface area (Å²) in [6.45, 7) is 5.20. The molecule has 3 rings (SSSR count). The fraction of sp³-hybridized carbons (Fsp3) is 0.391.